The average molecular weight is 244 g/mol. The van der Waals surface area contributed by atoms with Crippen molar-refractivity contribution >= 4 is 5.96 Å². The number of nitrogens with zero attached hydrogens (tertiary/aromatic N) is 3. The summed E-state index contributed by atoms with van der Waals surface area (Å²) >= 11 is 0. The Hall–Kier alpha value is -1.55. The van der Waals surface area contributed by atoms with E-state index in [9.17, 15) is 0 Å². The molecule has 0 radical (unpaired) electrons. The van der Waals surface area contributed by atoms with Gasteiger partial charge in [0.2, 0.25) is 0 Å². The van der Waals surface area contributed by atoms with Gasteiger partial charge in [-0.2, -0.15) is 0 Å². The smallest absolute Gasteiger partial charge is 0.194 e. The first-order valence-corrected chi connectivity index (χ1v) is 6.61. The van der Waals surface area contributed by atoms with Crippen molar-refractivity contribution in [2.45, 2.75) is 13.1 Å². The van der Waals surface area contributed by atoms with Crippen LogP contribution >= 0.6 is 0 Å². The third kappa shape index (κ3) is 2.34. The maximum Gasteiger partial charge on any atom is 0.194 e. The summed E-state index contributed by atoms with van der Waals surface area (Å²) in [5.41, 5.74) is 2.71. The minimum Gasteiger partial charge on any atom is -0.352 e. The monoisotopic (exact) mass is 244 g/mol. The van der Waals surface area contributed by atoms with E-state index in [1.54, 1.807) is 0 Å². The zero-order chi connectivity index (χ0) is 12.4. The van der Waals surface area contributed by atoms with Crippen LogP contribution in [0.25, 0.3) is 0 Å². The summed E-state index contributed by atoms with van der Waals surface area (Å²) in [5, 5.41) is 3.48. The van der Waals surface area contributed by atoms with Crippen molar-refractivity contribution in [3.8, 4) is 0 Å². The fraction of sp³-hybridized carbons (Fsp3) is 0.500. The van der Waals surface area contributed by atoms with Gasteiger partial charge >= 0.3 is 0 Å². The first-order valence-electron chi connectivity index (χ1n) is 6.61. The number of hydrogen-bond acceptors (Lipinski definition) is 4. The van der Waals surface area contributed by atoms with Crippen LogP contribution in [0, 0.1) is 0 Å². The molecule has 2 heterocycles. The molecular weight excluding hydrogens is 224 g/mol. The van der Waals surface area contributed by atoms with E-state index in [0.29, 0.717) is 0 Å². The van der Waals surface area contributed by atoms with E-state index in [0.717, 1.165) is 45.2 Å². The van der Waals surface area contributed by atoms with Gasteiger partial charge in [-0.15, -0.1) is 0 Å². The minimum absolute atomic E-state index is 0.796. The summed E-state index contributed by atoms with van der Waals surface area (Å²) in [7, 11) is 2.18. The van der Waals surface area contributed by atoms with Crippen molar-refractivity contribution < 1.29 is 0 Å². The standard InChI is InChI=1S/C14H20N4/c1-17-6-8-18(9-7-17)14-15-10-12-4-2-3-5-13(12)11-16-14/h2-5H,6-11H2,1H3,(H,15,16). The molecule has 0 unspecified atom stereocenters. The number of rotatable bonds is 0. The van der Waals surface area contributed by atoms with Crippen LogP contribution in [0.1, 0.15) is 11.1 Å². The SMILES string of the molecule is CN1CCN(C2=NCc3ccccc3CN2)CC1. The highest BCUT2D eigenvalue weighted by Gasteiger charge is 2.19. The van der Waals surface area contributed by atoms with Crippen LogP contribution in [0.15, 0.2) is 29.3 Å². The van der Waals surface area contributed by atoms with Crippen molar-refractivity contribution in [3.63, 3.8) is 0 Å². The van der Waals surface area contributed by atoms with Crippen LogP contribution in [0.3, 0.4) is 0 Å². The van der Waals surface area contributed by atoms with E-state index in [1.807, 2.05) is 0 Å². The Balaban J connectivity index is 1.71. The fourth-order valence-corrected chi connectivity index (χ4v) is 2.50. The highest BCUT2D eigenvalue weighted by molar-refractivity contribution is 5.80. The fourth-order valence-electron chi connectivity index (χ4n) is 2.50. The second-order valence-electron chi connectivity index (χ2n) is 5.05. The summed E-state index contributed by atoms with van der Waals surface area (Å²) in [5.74, 6) is 1.07. The van der Waals surface area contributed by atoms with Gasteiger partial charge in [0.25, 0.3) is 0 Å². The first-order chi connectivity index (χ1) is 8.83. The van der Waals surface area contributed by atoms with Crippen LogP contribution in [-0.2, 0) is 13.1 Å². The van der Waals surface area contributed by atoms with Crippen LogP contribution < -0.4 is 5.32 Å². The highest BCUT2D eigenvalue weighted by atomic mass is 15.3. The van der Waals surface area contributed by atoms with Crippen molar-refractivity contribution in [2.24, 2.45) is 4.99 Å². The maximum atomic E-state index is 4.73. The molecule has 0 saturated carbocycles. The molecule has 1 aromatic carbocycles. The predicted octanol–water partition coefficient (Wildman–Crippen LogP) is 0.893. The Morgan fingerprint density at radius 3 is 2.56 bits per heavy atom. The second-order valence-corrected chi connectivity index (χ2v) is 5.05. The summed E-state index contributed by atoms with van der Waals surface area (Å²) < 4.78 is 0. The van der Waals surface area contributed by atoms with Crippen LogP contribution in [0.4, 0.5) is 0 Å². The van der Waals surface area contributed by atoms with E-state index in [4.69, 9.17) is 4.99 Å². The molecule has 4 heteroatoms. The normalized spacial score (nSPS) is 20.7. The molecule has 1 aromatic rings. The van der Waals surface area contributed by atoms with E-state index in [-0.39, 0.29) is 0 Å². The number of piperazine rings is 1. The van der Waals surface area contributed by atoms with Gasteiger partial charge in [0.15, 0.2) is 5.96 Å². The van der Waals surface area contributed by atoms with E-state index in [1.165, 1.54) is 11.1 Å². The van der Waals surface area contributed by atoms with Gasteiger partial charge in [-0.1, -0.05) is 24.3 Å². The third-order valence-corrected chi connectivity index (χ3v) is 3.76. The molecule has 1 fully saturated rings. The van der Waals surface area contributed by atoms with Gasteiger partial charge < -0.3 is 15.1 Å². The lowest BCUT2D eigenvalue weighted by Gasteiger charge is -2.34. The lowest BCUT2D eigenvalue weighted by Crippen LogP contribution is -2.51. The number of nitrogens with one attached hydrogen (secondary N) is 1. The molecule has 18 heavy (non-hydrogen) atoms. The predicted molar refractivity (Wildman–Crippen MR) is 73.5 cm³/mol. The van der Waals surface area contributed by atoms with Crippen LogP contribution in [0.5, 0.6) is 0 Å². The Morgan fingerprint density at radius 1 is 1.06 bits per heavy atom. The van der Waals surface area contributed by atoms with Crippen molar-refractivity contribution in [2.75, 3.05) is 33.2 Å². The van der Waals surface area contributed by atoms with E-state index in [2.05, 4.69) is 46.4 Å². The van der Waals surface area contributed by atoms with E-state index >= 15 is 0 Å². The van der Waals surface area contributed by atoms with Gasteiger partial charge in [0.05, 0.1) is 6.54 Å². The number of aliphatic imine (C=N–C) groups is 1. The van der Waals surface area contributed by atoms with E-state index < -0.39 is 0 Å². The molecule has 0 aromatic heterocycles. The number of fused-ring (bicyclic) bond motifs is 1. The molecule has 0 aliphatic carbocycles. The Morgan fingerprint density at radius 2 is 1.78 bits per heavy atom. The molecule has 1 N–H and O–H groups in total. The van der Waals surface area contributed by atoms with Crippen LogP contribution in [0.2, 0.25) is 0 Å². The molecule has 4 nitrogen and oxygen atoms in total. The third-order valence-electron chi connectivity index (χ3n) is 3.76. The number of likely N-dealkylation sites (N-methyl/N-ethyl adjacent to an activating group) is 1. The first kappa shape index (κ1) is 11.5. The Kier molecular flexibility index (Phi) is 3.19. The van der Waals surface area contributed by atoms with Gasteiger partial charge in [-0.25, -0.2) is 4.99 Å². The zero-order valence-electron chi connectivity index (χ0n) is 10.9. The summed E-state index contributed by atoms with van der Waals surface area (Å²) in [6.45, 7) is 6.06. The summed E-state index contributed by atoms with van der Waals surface area (Å²) in [6.07, 6.45) is 0. The number of benzene rings is 1. The summed E-state index contributed by atoms with van der Waals surface area (Å²) in [4.78, 5) is 9.46. The van der Waals surface area contributed by atoms with Crippen molar-refractivity contribution in [1.29, 1.82) is 0 Å². The molecule has 2 aliphatic heterocycles. The van der Waals surface area contributed by atoms with Crippen LogP contribution in [-0.4, -0.2) is 49.0 Å². The van der Waals surface area contributed by atoms with Gasteiger partial charge in [-0.05, 0) is 18.2 Å². The van der Waals surface area contributed by atoms with Crippen molar-refractivity contribution in [3.05, 3.63) is 35.4 Å². The summed E-state index contributed by atoms with van der Waals surface area (Å²) in [6, 6.07) is 8.55. The second kappa shape index (κ2) is 4.98. The molecular formula is C14H20N4. The minimum atomic E-state index is 0.796. The Labute approximate surface area is 108 Å². The Bertz CT molecular complexity index is 447. The largest absolute Gasteiger partial charge is 0.352 e. The molecule has 0 atom stereocenters. The molecule has 0 spiro atoms. The maximum absolute atomic E-state index is 4.73. The van der Waals surface area contributed by atoms with Gasteiger partial charge in [0, 0.05) is 32.7 Å². The highest BCUT2D eigenvalue weighted by Crippen LogP contribution is 2.13. The number of guanidine groups is 1. The van der Waals surface area contributed by atoms with Gasteiger partial charge in [-0.3, -0.25) is 0 Å². The lowest BCUT2D eigenvalue weighted by molar-refractivity contribution is 0.211. The molecule has 0 amide bonds. The molecule has 3 rings (SSSR count). The lowest BCUT2D eigenvalue weighted by atomic mass is 10.1. The molecule has 1 saturated heterocycles. The van der Waals surface area contributed by atoms with Crippen molar-refractivity contribution in [1.82, 2.24) is 15.1 Å². The molecule has 96 valence electrons. The average Bonchev–Trinajstić information content (AvgIpc) is 2.62. The van der Waals surface area contributed by atoms with Gasteiger partial charge in [0.1, 0.15) is 0 Å². The molecule has 0 bridgehead atoms. The zero-order valence-corrected chi connectivity index (χ0v) is 10.9. The topological polar surface area (TPSA) is 30.9 Å². The molecule has 2 aliphatic rings. The number of hydrogen-bond donors (Lipinski definition) is 1. The quantitative estimate of drug-likeness (QED) is 0.735.